The van der Waals surface area contributed by atoms with E-state index in [-0.39, 0.29) is 11.9 Å². The summed E-state index contributed by atoms with van der Waals surface area (Å²) in [4.78, 5) is 17.8. The molecule has 1 amide bonds. The molecule has 114 valence electrons. The first-order valence-electron chi connectivity index (χ1n) is 7.49. The molecule has 0 fully saturated rings. The SMILES string of the molecule is CC(C)CC(CN(C)C)NC(=O)c1cccc2[nH]ccc12. The normalized spacial score (nSPS) is 13.0. The highest BCUT2D eigenvalue weighted by atomic mass is 16.1. The number of amides is 1. The van der Waals surface area contributed by atoms with Gasteiger partial charge in [0.05, 0.1) is 0 Å². The maximum absolute atomic E-state index is 12.6. The number of nitrogens with zero attached hydrogens (tertiary/aromatic N) is 1. The van der Waals surface area contributed by atoms with Gasteiger partial charge in [0.15, 0.2) is 0 Å². The van der Waals surface area contributed by atoms with Gasteiger partial charge in [0.1, 0.15) is 0 Å². The summed E-state index contributed by atoms with van der Waals surface area (Å²) in [5, 5.41) is 4.16. The van der Waals surface area contributed by atoms with Gasteiger partial charge < -0.3 is 15.2 Å². The van der Waals surface area contributed by atoms with Crippen LogP contribution in [0.2, 0.25) is 0 Å². The number of rotatable bonds is 6. The van der Waals surface area contributed by atoms with Crippen molar-refractivity contribution in [2.45, 2.75) is 26.3 Å². The van der Waals surface area contributed by atoms with Gasteiger partial charge in [0.2, 0.25) is 0 Å². The van der Waals surface area contributed by atoms with Gasteiger partial charge in [-0.2, -0.15) is 0 Å². The van der Waals surface area contributed by atoms with Crippen LogP contribution >= 0.6 is 0 Å². The molecule has 0 saturated carbocycles. The van der Waals surface area contributed by atoms with Gasteiger partial charge >= 0.3 is 0 Å². The second-order valence-electron chi connectivity index (χ2n) is 6.31. The molecule has 21 heavy (non-hydrogen) atoms. The summed E-state index contributed by atoms with van der Waals surface area (Å²) in [6, 6.07) is 7.90. The van der Waals surface area contributed by atoms with Crippen molar-refractivity contribution >= 4 is 16.8 Å². The van der Waals surface area contributed by atoms with E-state index >= 15 is 0 Å². The van der Waals surface area contributed by atoms with Crippen LogP contribution in [0.25, 0.3) is 10.9 Å². The molecule has 2 rings (SSSR count). The average molecular weight is 287 g/mol. The Kier molecular flexibility index (Phi) is 5.02. The smallest absolute Gasteiger partial charge is 0.252 e. The zero-order valence-electron chi connectivity index (χ0n) is 13.3. The Morgan fingerprint density at radius 3 is 2.71 bits per heavy atom. The molecule has 2 aromatic rings. The average Bonchev–Trinajstić information content (AvgIpc) is 2.84. The van der Waals surface area contributed by atoms with Crippen molar-refractivity contribution in [1.82, 2.24) is 15.2 Å². The molecule has 0 aliphatic heterocycles. The molecule has 0 radical (unpaired) electrons. The Labute approximate surface area is 126 Å². The van der Waals surface area contributed by atoms with Crippen molar-refractivity contribution in [1.29, 1.82) is 0 Å². The van der Waals surface area contributed by atoms with Crippen LogP contribution < -0.4 is 5.32 Å². The quantitative estimate of drug-likeness (QED) is 0.858. The number of likely N-dealkylation sites (N-methyl/N-ethyl adjacent to an activating group) is 1. The van der Waals surface area contributed by atoms with Crippen LogP contribution in [0.1, 0.15) is 30.6 Å². The Bertz CT molecular complexity index is 591. The molecule has 1 atom stereocenters. The number of aromatic amines is 1. The third-order valence-corrected chi connectivity index (χ3v) is 3.52. The summed E-state index contributed by atoms with van der Waals surface area (Å²) in [7, 11) is 4.07. The van der Waals surface area contributed by atoms with Gasteiger partial charge in [-0.3, -0.25) is 4.79 Å². The molecule has 4 heteroatoms. The van der Waals surface area contributed by atoms with Gasteiger partial charge in [0.25, 0.3) is 5.91 Å². The van der Waals surface area contributed by atoms with Crippen LogP contribution in [-0.2, 0) is 0 Å². The molecule has 1 aromatic carbocycles. The van der Waals surface area contributed by atoms with Gasteiger partial charge in [-0.25, -0.2) is 0 Å². The van der Waals surface area contributed by atoms with Crippen LogP contribution in [0, 0.1) is 5.92 Å². The van der Waals surface area contributed by atoms with Crippen LogP contribution in [-0.4, -0.2) is 42.5 Å². The lowest BCUT2D eigenvalue weighted by Gasteiger charge is -2.24. The van der Waals surface area contributed by atoms with Gasteiger partial charge in [-0.15, -0.1) is 0 Å². The molecule has 1 unspecified atom stereocenters. The number of carbonyl (C=O) groups is 1. The van der Waals surface area contributed by atoms with E-state index in [0.29, 0.717) is 5.92 Å². The maximum Gasteiger partial charge on any atom is 0.252 e. The third-order valence-electron chi connectivity index (χ3n) is 3.52. The fourth-order valence-corrected chi connectivity index (χ4v) is 2.74. The highest BCUT2D eigenvalue weighted by Crippen LogP contribution is 2.17. The number of nitrogens with one attached hydrogen (secondary N) is 2. The molecule has 1 aromatic heterocycles. The van der Waals surface area contributed by atoms with Crippen molar-refractivity contribution in [2.24, 2.45) is 5.92 Å². The minimum absolute atomic E-state index is 0.00713. The van der Waals surface area contributed by atoms with Crippen molar-refractivity contribution in [2.75, 3.05) is 20.6 Å². The highest BCUT2D eigenvalue weighted by Gasteiger charge is 2.17. The molecular weight excluding hydrogens is 262 g/mol. The lowest BCUT2D eigenvalue weighted by molar-refractivity contribution is 0.0926. The Hall–Kier alpha value is -1.81. The summed E-state index contributed by atoms with van der Waals surface area (Å²) in [6.07, 6.45) is 2.85. The summed E-state index contributed by atoms with van der Waals surface area (Å²) >= 11 is 0. The largest absolute Gasteiger partial charge is 0.361 e. The van der Waals surface area contributed by atoms with Crippen molar-refractivity contribution in [3.05, 3.63) is 36.0 Å². The number of fused-ring (bicyclic) bond motifs is 1. The first-order chi connectivity index (χ1) is 9.97. The van der Waals surface area contributed by atoms with E-state index in [4.69, 9.17) is 0 Å². The topological polar surface area (TPSA) is 48.1 Å². The predicted octanol–water partition coefficient (Wildman–Crippen LogP) is 2.87. The van der Waals surface area contributed by atoms with E-state index in [9.17, 15) is 4.79 Å². The standard InChI is InChI=1S/C17H25N3O/c1-12(2)10-13(11-20(3)4)19-17(21)15-6-5-7-16-14(15)8-9-18-16/h5-9,12-13,18H,10-11H2,1-4H3,(H,19,21). The predicted molar refractivity (Wildman–Crippen MR) is 87.6 cm³/mol. The maximum atomic E-state index is 12.6. The van der Waals surface area contributed by atoms with Crippen molar-refractivity contribution < 1.29 is 4.79 Å². The van der Waals surface area contributed by atoms with Crippen LogP contribution in [0.15, 0.2) is 30.5 Å². The number of hydrogen-bond acceptors (Lipinski definition) is 2. The molecule has 0 saturated heterocycles. The zero-order chi connectivity index (χ0) is 15.4. The van der Waals surface area contributed by atoms with Gasteiger partial charge in [0, 0.05) is 35.2 Å². The molecule has 0 aliphatic rings. The number of aromatic nitrogens is 1. The molecule has 2 N–H and O–H groups in total. The van der Waals surface area contributed by atoms with Crippen LogP contribution in [0.4, 0.5) is 0 Å². The van der Waals surface area contributed by atoms with Crippen molar-refractivity contribution in [3.8, 4) is 0 Å². The Balaban J connectivity index is 2.16. The van der Waals surface area contributed by atoms with E-state index in [1.807, 2.05) is 44.6 Å². The number of benzene rings is 1. The fourth-order valence-electron chi connectivity index (χ4n) is 2.74. The number of H-pyrrole nitrogens is 1. The van der Waals surface area contributed by atoms with Crippen molar-refractivity contribution in [3.63, 3.8) is 0 Å². The first-order valence-corrected chi connectivity index (χ1v) is 7.49. The number of carbonyl (C=O) groups excluding carboxylic acids is 1. The lowest BCUT2D eigenvalue weighted by atomic mass is 10.0. The molecule has 0 bridgehead atoms. The van der Waals surface area contributed by atoms with E-state index in [1.165, 1.54) is 0 Å². The minimum Gasteiger partial charge on any atom is -0.361 e. The molecule has 4 nitrogen and oxygen atoms in total. The second-order valence-corrected chi connectivity index (χ2v) is 6.31. The van der Waals surface area contributed by atoms with Crippen LogP contribution in [0.3, 0.4) is 0 Å². The lowest BCUT2D eigenvalue weighted by Crippen LogP contribution is -2.42. The van der Waals surface area contributed by atoms with E-state index in [1.54, 1.807) is 0 Å². The summed E-state index contributed by atoms with van der Waals surface area (Å²) in [5.74, 6) is 0.561. The second kappa shape index (κ2) is 6.76. The monoisotopic (exact) mass is 287 g/mol. The van der Waals surface area contributed by atoms with E-state index in [2.05, 4.69) is 29.0 Å². The summed E-state index contributed by atoms with van der Waals surface area (Å²) in [6.45, 7) is 5.22. The van der Waals surface area contributed by atoms with E-state index in [0.717, 1.165) is 29.4 Å². The first kappa shape index (κ1) is 15.6. The van der Waals surface area contributed by atoms with Crippen LogP contribution in [0.5, 0.6) is 0 Å². The Morgan fingerprint density at radius 2 is 2.05 bits per heavy atom. The minimum atomic E-state index is 0.00713. The third kappa shape index (κ3) is 4.08. The molecular formula is C17H25N3O. The molecule has 0 aliphatic carbocycles. The summed E-state index contributed by atoms with van der Waals surface area (Å²) < 4.78 is 0. The molecule has 1 heterocycles. The van der Waals surface area contributed by atoms with Gasteiger partial charge in [-0.05, 0) is 44.6 Å². The number of hydrogen-bond donors (Lipinski definition) is 2. The van der Waals surface area contributed by atoms with E-state index < -0.39 is 0 Å². The fraction of sp³-hybridized carbons (Fsp3) is 0.471. The Morgan fingerprint density at radius 1 is 1.29 bits per heavy atom. The van der Waals surface area contributed by atoms with Gasteiger partial charge in [-0.1, -0.05) is 19.9 Å². The molecule has 0 spiro atoms. The highest BCUT2D eigenvalue weighted by molar-refractivity contribution is 6.06. The zero-order valence-corrected chi connectivity index (χ0v) is 13.3. The summed E-state index contributed by atoms with van der Waals surface area (Å²) in [5.41, 5.74) is 1.73.